The summed E-state index contributed by atoms with van der Waals surface area (Å²) >= 11 is 0. The Morgan fingerprint density at radius 3 is 2.92 bits per heavy atom. The summed E-state index contributed by atoms with van der Waals surface area (Å²) in [5.74, 6) is 0.867. The molecule has 1 saturated heterocycles. The molecule has 2 atom stereocenters. The van der Waals surface area contributed by atoms with E-state index in [0.29, 0.717) is 25.5 Å². The van der Waals surface area contributed by atoms with Gasteiger partial charge in [0.25, 0.3) is 0 Å². The van der Waals surface area contributed by atoms with Crippen molar-refractivity contribution in [3.63, 3.8) is 0 Å². The minimum Gasteiger partial charge on any atom is -0.383 e. The minimum absolute atomic E-state index is 0.117. The first-order chi connectivity index (χ1) is 11.6. The third-order valence-electron chi connectivity index (χ3n) is 4.14. The lowest BCUT2D eigenvalue weighted by Gasteiger charge is -2.16. The molecule has 1 aromatic rings. The molecule has 2 unspecified atom stereocenters. The molecule has 0 bridgehead atoms. The Morgan fingerprint density at radius 2 is 2.21 bits per heavy atom. The lowest BCUT2D eigenvalue weighted by molar-refractivity contribution is -0.127. The van der Waals surface area contributed by atoms with Crippen LogP contribution in [0.5, 0.6) is 0 Å². The minimum atomic E-state index is 0.117. The van der Waals surface area contributed by atoms with Crippen LogP contribution < -0.4 is 11.1 Å². The molecule has 0 aromatic heterocycles. The molecule has 1 aromatic carbocycles. The van der Waals surface area contributed by atoms with Crippen LogP contribution in [0.4, 0.5) is 0 Å². The number of nitrogens with two attached hydrogens (primary N) is 1. The monoisotopic (exact) mass is 332 g/mol. The molecule has 132 valence electrons. The van der Waals surface area contributed by atoms with Crippen LogP contribution in [-0.2, 0) is 16.0 Å². The van der Waals surface area contributed by atoms with Gasteiger partial charge in [0, 0.05) is 45.1 Å². The Balaban J connectivity index is 1.75. The molecular weight excluding hydrogens is 304 g/mol. The van der Waals surface area contributed by atoms with E-state index in [1.54, 1.807) is 7.11 Å². The van der Waals surface area contributed by atoms with Gasteiger partial charge in [0.15, 0.2) is 5.96 Å². The zero-order chi connectivity index (χ0) is 17.4. The number of benzene rings is 1. The predicted molar refractivity (Wildman–Crippen MR) is 95.8 cm³/mol. The van der Waals surface area contributed by atoms with Crippen LogP contribution in [0.15, 0.2) is 35.3 Å². The summed E-state index contributed by atoms with van der Waals surface area (Å²) in [6, 6.07) is 10.4. The maximum absolute atomic E-state index is 12.1. The van der Waals surface area contributed by atoms with E-state index in [4.69, 9.17) is 10.5 Å². The number of aliphatic imine (C=N–C) groups is 1. The van der Waals surface area contributed by atoms with Crippen LogP contribution in [0, 0.1) is 5.92 Å². The van der Waals surface area contributed by atoms with Crippen molar-refractivity contribution >= 4 is 11.9 Å². The zero-order valence-electron chi connectivity index (χ0n) is 14.6. The quantitative estimate of drug-likeness (QED) is 0.550. The van der Waals surface area contributed by atoms with Gasteiger partial charge in [-0.1, -0.05) is 30.3 Å². The number of carbonyl (C=O) groups excluding carboxylic acids is 1. The van der Waals surface area contributed by atoms with E-state index in [1.807, 2.05) is 30.0 Å². The van der Waals surface area contributed by atoms with E-state index in [-0.39, 0.29) is 17.9 Å². The predicted octanol–water partition coefficient (Wildman–Crippen LogP) is 1.02. The summed E-state index contributed by atoms with van der Waals surface area (Å²) in [5, 5.41) is 3.08. The molecule has 1 heterocycles. The summed E-state index contributed by atoms with van der Waals surface area (Å²) in [6.45, 7) is 4.66. The largest absolute Gasteiger partial charge is 0.383 e. The van der Waals surface area contributed by atoms with Crippen molar-refractivity contribution in [2.24, 2.45) is 16.6 Å². The van der Waals surface area contributed by atoms with E-state index in [0.717, 1.165) is 19.5 Å². The number of amides is 1. The van der Waals surface area contributed by atoms with Gasteiger partial charge in [0.2, 0.25) is 5.91 Å². The lowest BCUT2D eigenvalue weighted by Crippen LogP contribution is -2.41. The Morgan fingerprint density at radius 1 is 1.46 bits per heavy atom. The summed E-state index contributed by atoms with van der Waals surface area (Å²) in [6.07, 6.45) is 1.44. The van der Waals surface area contributed by atoms with Crippen LogP contribution in [0.2, 0.25) is 0 Å². The second kappa shape index (κ2) is 9.27. The van der Waals surface area contributed by atoms with Gasteiger partial charge >= 0.3 is 0 Å². The van der Waals surface area contributed by atoms with Gasteiger partial charge in [-0.25, -0.2) is 0 Å². The lowest BCUT2D eigenvalue weighted by atomic mass is 10.1. The fourth-order valence-electron chi connectivity index (χ4n) is 2.92. The molecule has 3 N–H and O–H groups in total. The number of rotatable bonds is 8. The number of hydrogen-bond acceptors (Lipinski definition) is 3. The first-order valence-electron chi connectivity index (χ1n) is 8.45. The zero-order valence-corrected chi connectivity index (χ0v) is 14.6. The van der Waals surface area contributed by atoms with Gasteiger partial charge < -0.3 is 20.7 Å². The number of likely N-dealkylation sites (tertiary alicyclic amines) is 1. The van der Waals surface area contributed by atoms with Crippen LogP contribution in [0.3, 0.4) is 0 Å². The van der Waals surface area contributed by atoms with E-state index >= 15 is 0 Å². The molecule has 0 radical (unpaired) electrons. The van der Waals surface area contributed by atoms with Crippen molar-refractivity contribution in [3.8, 4) is 0 Å². The molecule has 0 saturated carbocycles. The first kappa shape index (κ1) is 18.3. The normalized spacial score (nSPS) is 19.6. The summed E-state index contributed by atoms with van der Waals surface area (Å²) < 4.78 is 5.05. The average Bonchev–Trinajstić information content (AvgIpc) is 2.92. The van der Waals surface area contributed by atoms with Gasteiger partial charge in [-0.2, -0.15) is 0 Å². The summed E-state index contributed by atoms with van der Waals surface area (Å²) in [7, 11) is 1.65. The highest BCUT2D eigenvalue weighted by Crippen LogP contribution is 2.18. The molecule has 2 rings (SSSR count). The number of nitrogens with zero attached hydrogens (tertiary/aromatic N) is 2. The number of ether oxygens (including phenoxy) is 1. The Hall–Kier alpha value is -2.08. The van der Waals surface area contributed by atoms with Crippen molar-refractivity contribution in [1.82, 2.24) is 10.2 Å². The molecule has 24 heavy (non-hydrogen) atoms. The standard InChI is InChI=1S/C18H28N4O2/c1-14(13-24-2)21-18(19)20-11-16-10-17(23)22(12-16)9-8-15-6-4-3-5-7-15/h3-7,14,16H,8-13H2,1-2H3,(H3,19,20,21). The van der Waals surface area contributed by atoms with E-state index in [2.05, 4.69) is 22.4 Å². The van der Waals surface area contributed by atoms with E-state index < -0.39 is 0 Å². The number of hydrogen-bond donors (Lipinski definition) is 2. The van der Waals surface area contributed by atoms with Gasteiger partial charge in [0.1, 0.15) is 0 Å². The van der Waals surface area contributed by atoms with Crippen LogP contribution in [0.25, 0.3) is 0 Å². The molecule has 1 fully saturated rings. The summed E-state index contributed by atoms with van der Waals surface area (Å²) in [5.41, 5.74) is 7.13. The number of carbonyl (C=O) groups is 1. The van der Waals surface area contributed by atoms with Gasteiger partial charge in [-0.3, -0.25) is 9.79 Å². The fraction of sp³-hybridized carbons (Fsp3) is 0.556. The van der Waals surface area contributed by atoms with Crippen molar-refractivity contribution < 1.29 is 9.53 Å². The second-order valence-electron chi connectivity index (χ2n) is 6.37. The first-order valence-corrected chi connectivity index (χ1v) is 8.45. The molecule has 0 spiro atoms. The van der Waals surface area contributed by atoms with Gasteiger partial charge in [0.05, 0.1) is 6.61 Å². The highest BCUT2D eigenvalue weighted by atomic mass is 16.5. The Labute approximate surface area is 144 Å². The molecule has 0 aliphatic carbocycles. The average molecular weight is 332 g/mol. The number of guanidine groups is 1. The van der Waals surface area contributed by atoms with Crippen LogP contribution in [0.1, 0.15) is 18.9 Å². The smallest absolute Gasteiger partial charge is 0.223 e. The van der Waals surface area contributed by atoms with Crippen LogP contribution >= 0.6 is 0 Å². The topological polar surface area (TPSA) is 80.0 Å². The molecule has 6 nitrogen and oxygen atoms in total. The second-order valence-corrected chi connectivity index (χ2v) is 6.37. The van der Waals surface area contributed by atoms with Crippen LogP contribution in [-0.4, -0.2) is 56.2 Å². The Bertz CT molecular complexity index is 547. The van der Waals surface area contributed by atoms with Gasteiger partial charge in [-0.05, 0) is 18.9 Å². The SMILES string of the molecule is COCC(C)NC(N)=NCC1CC(=O)N(CCc2ccccc2)C1. The van der Waals surface area contributed by atoms with Crippen molar-refractivity contribution in [2.75, 3.05) is 33.4 Å². The van der Waals surface area contributed by atoms with Crippen molar-refractivity contribution in [2.45, 2.75) is 25.8 Å². The molecule has 1 amide bonds. The molecular formula is C18H28N4O2. The molecule has 6 heteroatoms. The maximum atomic E-state index is 12.1. The van der Waals surface area contributed by atoms with Crippen molar-refractivity contribution in [3.05, 3.63) is 35.9 Å². The number of methoxy groups -OCH3 is 1. The summed E-state index contributed by atoms with van der Waals surface area (Å²) in [4.78, 5) is 18.4. The third-order valence-corrected chi connectivity index (χ3v) is 4.14. The fourth-order valence-corrected chi connectivity index (χ4v) is 2.92. The van der Waals surface area contributed by atoms with E-state index in [9.17, 15) is 4.79 Å². The Kier molecular flexibility index (Phi) is 7.06. The highest BCUT2D eigenvalue weighted by molar-refractivity contribution is 5.79. The third kappa shape index (κ3) is 5.85. The molecule has 1 aliphatic rings. The molecule has 1 aliphatic heterocycles. The van der Waals surface area contributed by atoms with Crippen molar-refractivity contribution in [1.29, 1.82) is 0 Å². The highest BCUT2D eigenvalue weighted by Gasteiger charge is 2.28. The van der Waals surface area contributed by atoms with Gasteiger partial charge in [-0.15, -0.1) is 0 Å². The van der Waals surface area contributed by atoms with E-state index in [1.165, 1.54) is 5.56 Å². The number of nitrogens with one attached hydrogen (secondary N) is 1. The maximum Gasteiger partial charge on any atom is 0.223 e.